The third-order valence-electron chi connectivity index (χ3n) is 4.66. The molecule has 0 unspecified atom stereocenters. The van der Waals surface area contributed by atoms with Crippen molar-refractivity contribution in [3.63, 3.8) is 0 Å². The van der Waals surface area contributed by atoms with E-state index in [1.165, 1.54) is 11.8 Å². The Morgan fingerprint density at radius 3 is 2.77 bits per heavy atom. The van der Waals surface area contributed by atoms with Gasteiger partial charge in [0.1, 0.15) is 4.91 Å². The van der Waals surface area contributed by atoms with Crippen LogP contribution in [0.25, 0.3) is 0 Å². The van der Waals surface area contributed by atoms with Crippen LogP contribution in [0, 0.1) is 0 Å². The Balaban J connectivity index is 1.55. The van der Waals surface area contributed by atoms with Crippen LogP contribution in [0.4, 0.5) is 5.69 Å². The number of fused-ring (bicyclic) bond motifs is 1. The van der Waals surface area contributed by atoms with E-state index in [1.807, 2.05) is 38.1 Å². The van der Waals surface area contributed by atoms with Gasteiger partial charge in [0.2, 0.25) is 0 Å². The van der Waals surface area contributed by atoms with Crippen molar-refractivity contribution in [1.29, 1.82) is 0 Å². The molecule has 0 saturated heterocycles. The van der Waals surface area contributed by atoms with Crippen LogP contribution in [0.3, 0.4) is 0 Å². The lowest BCUT2D eigenvalue weighted by Gasteiger charge is -2.25. The number of carbonyl (C=O) groups excluding carboxylic acids is 2. The third kappa shape index (κ3) is 6.75. The van der Waals surface area contributed by atoms with E-state index in [0.29, 0.717) is 31.1 Å². The number of nitrogens with one attached hydrogen (secondary N) is 1. The summed E-state index contributed by atoms with van der Waals surface area (Å²) in [6.07, 6.45) is 2.19. The van der Waals surface area contributed by atoms with Crippen molar-refractivity contribution in [2.24, 2.45) is 4.99 Å². The molecule has 0 radical (unpaired) electrons. The van der Waals surface area contributed by atoms with Crippen molar-refractivity contribution in [3.8, 4) is 0 Å². The summed E-state index contributed by atoms with van der Waals surface area (Å²) in [6, 6.07) is 7.77. The van der Waals surface area contributed by atoms with E-state index < -0.39 is 0 Å². The lowest BCUT2D eigenvalue weighted by Crippen LogP contribution is -2.31. The van der Waals surface area contributed by atoms with Crippen molar-refractivity contribution < 1.29 is 19.1 Å². The quantitative estimate of drug-likeness (QED) is 0.300. The molecule has 1 amide bonds. The highest BCUT2D eigenvalue weighted by molar-refractivity contribution is 8.18. The van der Waals surface area contributed by atoms with Gasteiger partial charge in [-0.05, 0) is 68.5 Å². The number of aliphatic imine (C=N–C) groups is 1. The zero-order chi connectivity index (χ0) is 22.1. The molecular formula is C22H29N3O4S2. The predicted octanol–water partition coefficient (Wildman–Crippen LogP) is 4.12. The number of carbonyl (C=O) groups is 2. The molecule has 0 spiro atoms. The van der Waals surface area contributed by atoms with E-state index in [1.54, 1.807) is 11.8 Å². The van der Waals surface area contributed by atoms with Crippen LogP contribution in [-0.4, -0.2) is 60.6 Å². The van der Waals surface area contributed by atoms with Gasteiger partial charge in [-0.1, -0.05) is 0 Å². The summed E-state index contributed by atoms with van der Waals surface area (Å²) in [4.78, 5) is 32.8. The van der Waals surface area contributed by atoms with Gasteiger partial charge in [0.15, 0.2) is 5.17 Å². The maximum absolute atomic E-state index is 13.0. The van der Waals surface area contributed by atoms with Gasteiger partial charge < -0.3 is 19.7 Å². The number of rotatable bonds is 11. The smallest absolute Gasteiger partial charge is 0.305 e. The fourth-order valence-electron chi connectivity index (χ4n) is 3.18. The predicted molar refractivity (Wildman–Crippen MR) is 126 cm³/mol. The Labute approximate surface area is 192 Å². The third-order valence-corrected chi connectivity index (χ3v) is 6.92. The minimum atomic E-state index is -0.147. The molecule has 168 valence electrons. The lowest BCUT2D eigenvalue weighted by molar-refractivity contribution is -0.143. The second kappa shape index (κ2) is 12.2. The highest BCUT2D eigenvalue weighted by Crippen LogP contribution is 2.37. The van der Waals surface area contributed by atoms with Gasteiger partial charge in [0, 0.05) is 36.7 Å². The topological polar surface area (TPSA) is 80.2 Å². The van der Waals surface area contributed by atoms with E-state index in [4.69, 9.17) is 9.47 Å². The Morgan fingerprint density at radius 1 is 1.23 bits per heavy atom. The van der Waals surface area contributed by atoms with Crippen LogP contribution < -0.4 is 5.32 Å². The lowest BCUT2D eigenvalue weighted by atomic mass is 10.2. The SMILES string of the molecule is CCOCC1=C(C(=O)Nc2ccc(SCCCC(=O)OCC)cc2)SC2=NCCCN21. The minimum absolute atomic E-state index is 0.133. The van der Waals surface area contributed by atoms with Crippen LogP contribution in [-0.2, 0) is 19.1 Å². The fraction of sp³-hybridized carbons (Fsp3) is 0.500. The van der Waals surface area contributed by atoms with Crippen LogP contribution in [0.5, 0.6) is 0 Å². The molecule has 2 aliphatic rings. The van der Waals surface area contributed by atoms with Gasteiger partial charge in [-0.15, -0.1) is 11.8 Å². The molecule has 0 atom stereocenters. The molecule has 7 nitrogen and oxygen atoms in total. The van der Waals surface area contributed by atoms with Gasteiger partial charge in [-0.3, -0.25) is 14.6 Å². The van der Waals surface area contributed by atoms with Gasteiger partial charge in [-0.2, -0.15) is 0 Å². The van der Waals surface area contributed by atoms with E-state index in [-0.39, 0.29) is 11.9 Å². The number of benzene rings is 1. The first kappa shape index (κ1) is 23.7. The van der Waals surface area contributed by atoms with Crippen LogP contribution >= 0.6 is 23.5 Å². The number of esters is 1. The molecule has 1 N–H and O–H groups in total. The molecule has 0 saturated carbocycles. The number of anilines is 1. The van der Waals surface area contributed by atoms with Gasteiger partial charge in [-0.25, -0.2) is 0 Å². The van der Waals surface area contributed by atoms with Gasteiger partial charge >= 0.3 is 5.97 Å². The first-order valence-corrected chi connectivity index (χ1v) is 12.4. The van der Waals surface area contributed by atoms with Gasteiger partial charge in [0.25, 0.3) is 5.91 Å². The summed E-state index contributed by atoms with van der Waals surface area (Å²) in [5, 5.41) is 3.89. The summed E-state index contributed by atoms with van der Waals surface area (Å²) in [6.45, 7) is 6.86. The summed E-state index contributed by atoms with van der Waals surface area (Å²) in [5.74, 6) is 0.560. The Bertz CT molecular complexity index is 840. The monoisotopic (exact) mass is 463 g/mol. The number of hydrogen-bond donors (Lipinski definition) is 1. The minimum Gasteiger partial charge on any atom is -0.466 e. The van der Waals surface area contributed by atoms with E-state index in [9.17, 15) is 9.59 Å². The number of thioether (sulfide) groups is 2. The van der Waals surface area contributed by atoms with E-state index in [0.717, 1.165) is 53.1 Å². The molecule has 3 rings (SSSR count). The average molecular weight is 464 g/mol. The Kier molecular flexibility index (Phi) is 9.30. The highest BCUT2D eigenvalue weighted by Gasteiger charge is 2.34. The highest BCUT2D eigenvalue weighted by atomic mass is 32.2. The molecule has 0 fully saturated rings. The molecule has 1 aromatic rings. The summed E-state index contributed by atoms with van der Waals surface area (Å²) in [7, 11) is 0. The largest absolute Gasteiger partial charge is 0.466 e. The van der Waals surface area contributed by atoms with Crippen molar-refractivity contribution in [2.75, 3.05) is 44.0 Å². The standard InChI is InChI=1S/C22H29N3O4S2/c1-3-28-15-18-20(31-22-23-12-6-13-25(18)22)21(27)24-16-8-10-17(11-9-16)30-14-5-7-19(26)29-4-2/h8-11H,3-7,12-15H2,1-2H3,(H,24,27). The molecule has 9 heteroatoms. The first-order valence-electron chi connectivity index (χ1n) is 10.6. The maximum Gasteiger partial charge on any atom is 0.305 e. The van der Waals surface area contributed by atoms with Crippen molar-refractivity contribution in [3.05, 3.63) is 34.9 Å². The van der Waals surface area contributed by atoms with Crippen LogP contribution in [0.1, 0.15) is 33.1 Å². The molecule has 2 heterocycles. The molecule has 0 bridgehead atoms. The van der Waals surface area contributed by atoms with Crippen molar-refractivity contribution in [2.45, 2.75) is 38.0 Å². The normalized spacial score (nSPS) is 15.5. The summed E-state index contributed by atoms with van der Waals surface area (Å²) >= 11 is 3.11. The summed E-state index contributed by atoms with van der Waals surface area (Å²) in [5.41, 5.74) is 1.65. The number of amidine groups is 1. The zero-order valence-electron chi connectivity index (χ0n) is 18.0. The molecular weight excluding hydrogens is 434 g/mol. The number of amides is 1. The molecule has 1 aromatic carbocycles. The number of nitrogens with zero attached hydrogens (tertiary/aromatic N) is 2. The number of ether oxygens (including phenoxy) is 2. The molecule has 2 aliphatic heterocycles. The van der Waals surface area contributed by atoms with Crippen LogP contribution in [0.15, 0.2) is 44.8 Å². The zero-order valence-corrected chi connectivity index (χ0v) is 19.7. The number of hydrogen-bond acceptors (Lipinski definition) is 8. The van der Waals surface area contributed by atoms with Crippen molar-refractivity contribution >= 4 is 46.3 Å². The first-order chi connectivity index (χ1) is 15.1. The maximum atomic E-state index is 13.0. The fourth-order valence-corrected chi connectivity index (χ4v) is 5.11. The van der Waals surface area contributed by atoms with E-state index in [2.05, 4.69) is 15.2 Å². The second-order valence-electron chi connectivity index (χ2n) is 6.92. The average Bonchev–Trinajstić information content (AvgIpc) is 3.15. The summed E-state index contributed by atoms with van der Waals surface area (Å²) < 4.78 is 10.5. The van der Waals surface area contributed by atoms with Crippen LogP contribution in [0.2, 0.25) is 0 Å². The molecule has 0 aliphatic carbocycles. The Morgan fingerprint density at radius 2 is 2.03 bits per heavy atom. The van der Waals surface area contributed by atoms with Gasteiger partial charge in [0.05, 0.1) is 18.9 Å². The second-order valence-corrected chi connectivity index (χ2v) is 9.07. The molecule has 0 aromatic heterocycles. The van der Waals surface area contributed by atoms with E-state index >= 15 is 0 Å². The Hall–Kier alpha value is -1.97. The molecule has 31 heavy (non-hydrogen) atoms. The van der Waals surface area contributed by atoms with Crippen molar-refractivity contribution in [1.82, 2.24) is 4.90 Å².